The number of aromatic nitrogens is 3. The van der Waals surface area contributed by atoms with Gasteiger partial charge in [0.15, 0.2) is 0 Å². The third-order valence-corrected chi connectivity index (χ3v) is 6.22. The van der Waals surface area contributed by atoms with Gasteiger partial charge < -0.3 is 14.5 Å². The van der Waals surface area contributed by atoms with E-state index in [0.29, 0.717) is 0 Å². The summed E-state index contributed by atoms with van der Waals surface area (Å²) in [6, 6.07) is 8.37. The third kappa shape index (κ3) is 3.52. The molecule has 0 bridgehead atoms. The van der Waals surface area contributed by atoms with Crippen molar-refractivity contribution >= 4 is 23.3 Å². The predicted octanol–water partition coefficient (Wildman–Crippen LogP) is 5.14. The topological polar surface area (TPSA) is 53.9 Å². The number of nitrogens with one attached hydrogen (secondary N) is 1. The molecule has 0 saturated carbocycles. The molecule has 0 spiro atoms. The second-order valence-corrected chi connectivity index (χ2v) is 8.75. The monoisotopic (exact) mass is 416 g/mol. The van der Waals surface area contributed by atoms with Crippen molar-refractivity contribution in [3.63, 3.8) is 0 Å². The summed E-state index contributed by atoms with van der Waals surface area (Å²) in [6.45, 7) is 10.7. The Hall–Kier alpha value is -3.08. The number of rotatable bonds is 7. The van der Waals surface area contributed by atoms with Crippen molar-refractivity contribution in [1.29, 1.82) is 0 Å². The van der Waals surface area contributed by atoms with Crippen LogP contribution in [0.25, 0.3) is 39.9 Å². The fourth-order valence-electron chi connectivity index (χ4n) is 4.76. The van der Waals surface area contributed by atoms with Crippen LogP contribution in [-0.4, -0.2) is 28.6 Å². The Bertz CT molecular complexity index is 1290. The summed E-state index contributed by atoms with van der Waals surface area (Å²) in [5.74, 6) is 0.928. The molecule has 0 radical (unpaired) electrons. The molecule has 2 aromatic rings. The summed E-state index contributed by atoms with van der Waals surface area (Å²) < 4.78 is 2.03. The van der Waals surface area contributed by atoms with Crippen LogP contribution in [0.2, 0.25) is 0 Å². The number of hydrogen-bond donors (Lipinski definition) is 1. The minimum Gasteiger partial charge on any atom is -0.363 e. The molecule has 162 valence electrons. The van der Waals surface area contributed by atoms with E-state index in [-0.39, 0.29) is 11.6 Å². The Labute approximate surface area is 183 Å². The zero-order chi connectivity index (χ0) is 22.3. The van der Waals surface area contributed by atoms with E-state index < -0.39 is 0 Å². The lowest BCUT2D eigenvalue weighted by atomic mass is 9.95. The largest absolute Gasteiger partial charge is 0.363 e. The maximum absolute atomic E-state index is 13.5. The molecular formula is C26H32N4O. The predicted molar refractivity (Wildman–Crippen MR) is 131 cm³/mol. The third-order valence-electron chi connectivity index (χ3n) is 6.22. The zero-order valence-corrected chi connectivity index (χ0v) is 19.2. The van der Waals surface area contributed by atoms with Gasteiger partial charge in [-0.2, -0.15) is 0 Å². The quantitative estimate of drug-likeness (QED) is 0.454. The van der Waals surface area contributed by atoms with E-state index in [2.05, 4.69) is 43.4 Å². The van der Waals surface area contributed by atoms with Gasteiger partial charge in [-0.15, -0.1) is 0 Å². The second-order valence-electron chi connectivity index (χ2n) is 8.75. The van der Waals surface area contributed by atoms with Gasteiger partial charge in [-0.1, -0.05) is 39.3 Å². The van der Waals surface area contributed by atoms with Gasteiger partial charge >= 0.3 is 0 Å². The Balaban J connectivity index is 1.99. The van der Waals surface area contributed by atoms with Gasteiger partial charge in [-0.05, 0) is 43.5 Å². The molecule has 2 aliphatic heterocycles. The molecular weight excluding hydrogens is 384 g/mol. The lowest BCUT2D eigenvalue weighted by Gasteiger charge is -2.20. The van der Waals surface area contributed by atoms with Gasteiger partial charge in [0.25, 0.3) is 5.56 Å². The van der Waals surface area contributed by atoms with Crippen LogP contribution in [0.3, 0.4) is 0 Å². The lowest BCUT2D eigenvalue weighted by Crippen LogP contribution is -2.22. The molecule has 0 unspecified atom stereocenters. The van der Waals surface area contributed by atoms with Gasteiger partial charge in [0, 0.05) is 48.4 Å². The minimum atomic E-state index is 0.107. The standard InChI is InChI=1S/C26H32N4O/c1-7-9-18(10-8-2)30-22-14-17(4)28-25-19(11-12-20(24(22)25)26(30)31)21-15-27-23(29(5)6)13-16(21)3/h11-15,18,28H,4,7-10H2,1-3,5-6H3. The van der Waals surface area contributed by atoms with Crippen LogP contribution in [0.15, 0.2) is 35.3 Å². The number of hydrogen-bond acceptors (Lipinski definition) is 3. The van der Waals surface area contributed by atoms with Gasteiger partial charge in [-0.3, -0.25) is 4.79 Å². The van der Waals surface area contributed by atoms with E-state index in [1.165, 1.54) is 0 Å². The van der Waals surface area contributed by atoms with E-state index in [1.54, 1.807) is 0 Å². The molecule has 1 aromatic carbocycles. The fourth-order valence-corrected chi connectivity index (χ4v) is 4.76. The van der Waals surface area contributed by atoms with Crippen LogP contribution < -0.4 is 15.8 Å². The smallest absolute Gasteiger partial charge is 0.259 e. The van der Waals surface area contributed by atoms with Gasteiger partial charge in [-0.25, -0.2) is 4.98 Å². The van der Waals surface area contributed by atoms with Gasteiger partial charge in [0.05, 0.1) is 16.6 Å². The number of aryl methyl sites for hydroxylation is 1. The normalized spacial score (nSPS) is 11.8. The number of pyridine rings is 2. The Morgan fingerprint density at radius 3 is 2.45 bits per heavy atom. The number of benzene rings is 1. The van der Waals surface area contributed by atoms with E-state index in [4.69, 9.17) is 0 Å². The molecule has 5 nitrogen and oxygen atoms in total. The first kappa shape index (κ1) is 21.2. The highest BCUT2D eigenvalue weighted by atomic mass is 16.1. The summed E-state index contributed by atoms with van der Waals surface area (Å²) in [6.07, 6.45) is 6.04. The zero-order valence-electron chi connectivity index (χ0n) is 19.2. The highest BCUT2D eigenvalue weighted by Gasteiger charge is 2.26. The highest BCUT2D eigenvalue weighted by Crippen LogP contribution is 2.39. The van der Waals surface area contributed by atoms with Crippen LogP contribution in [0.4, 0.5) is 5.82 Å². The molecule has 0 aliphatic carbocycles. The number of anilines is 1. The molecule has 1 aromatic heterocycles. The summed E-state index contributed by atoms with van der Waals surface area (Å²) in [5, 5.41) is 1.58. The van der Waals surface area contributed by atoms with E-state index in [0.717, 1.165) is 75.7 Å². The number of nitrogens with zero attached hydrogens (tertiary/aromatic N) is 3. The van der Waals surface area contributed by atoms with Crippen molar-refractivity contribution in [3.05, 3.63) is 51.7 Å². The molecule has 31 heavy (non-hydrogen) atoms. The first-order valence-electron chi connectivity index (χ1n) is 11.2. The maximum atomic E-state index is 13.5. The summed E-state index contributed by atoms with van der Waals surface area (Å²) in [5.41, 5.74) is 6.33. The van der Waals surface area contributed by atoms with Gasteiger partial charge in [0.2, 0.25) is 0 Å². The number of aromatic amines is 1. The SMILES string of the molecule is C=c1cc2n(C(CCC)CCC)c(=O)c3ccc(-c4cnc(N(C)C)cc4C)c([nH]1)c3-2. The average molecular weight is 417 g/mol. The van der Waals surface area contributed by atoms with Crippen molar-refractivity contribution in [3.8, 4) is 22.4 Å². The summed E-state index contributed by atoms with van der Waals surface area (Å²) in [4.78, 5) is 23.6. The van der Waals surface area contributed by atoms with Crippen molar-refractivity contribution in [2.45, 2.75) is 52.5 Å². The molecule has 1 N–H and O–H groups in total. The van der Waals surface area contributed by atoms with Crippen LogP contribution in [0, 0.1) is 6.92 Å². The second kappa shape index (κ2) is 8.22. The molecule has 0 fully saturated rings. The van der Waals surface area contributed by atoms with Crippen LogP contribution in [-0.2, 0) is 0 Å². The molecule has 0 saturated heterocycles. The van der Waals surface area contributed by atoms with Crippen molar-refractivity contribution in [1.82, 2.24) is 14.5 Å². The Morgan fingerprint density at radius 2 is 1.84 bits per heavy atom. The fraction of sp³-hybridized carbons (Fsp3) is 0.385. The summed E-state index contributed by atoms with van der Waals surface area (Å²) in [7, 11) is 3.99. The van der Waals surface area contributed by atoms with Crippen LogP contribution in [0.5, 0.6) is 0 Å². The van der Waals surface area contributed by atoms with E-state index in [1.807, 2.05) is 48.0 Å². The first-order valence-corrected chi connectivity index (χ1v) is 11.2. The first-order chi connectivity index (χ1) is 14.9. The lowest BCUT2D eigenvalue weighted by molar-refractivity contribution is 0.424. The van der Waals surface area contributed by atoms with Crippen molar-refractivity contribution in [2.75, 3.05) is 19.0 Å². The minimum absolute atomic E-state index is 0.107. The molecule has 5 heteroatoms. The van der Waals surface area contributed by atoms with Crippen molar-refractivity contribution < 1.29 is 0 Å². The Morgan fingerprint density at radius 1 is 1.13 bits per heavy atom. The summed E-state index contributed by atoms with van der Waals surface area (Å²) >= 11 is 0. The average Bonchev–Trinajstić information content (AvgIpc) is 3.00. The molecule has 4 rings (SSSR count). The number of H-pyrrole nitrogens is 1. The highest BCUT2D eigenvalue weighted by molar-refractivity contribution is 6.03. The molecule has 3 heterocycles. The molecule has 0 atom stereocenters. The molecule has 2 aliphatic rings. The Kier molecular flexibility index (Phi) is 5.61. The maximum Gasteiger partial charge on any atom is 0.259 e. The van der Waals surface area contributed by atoms with Crippen LogP contribution in [0.1, 0.15) is 51.1 Å². The van der Waals surface area contributed by atoms with Gasteiger partial charge in [0.1, 0.15) is 5.82 Å². The van der Waals surface area contributed by atoms with E-state index in [9.17, 15) is 4.79 Å². The van der Waals surface area contributed by atoms with Crippen LogP contribution >= 0.6 is 0 Å². The molecule has 0 amide bonds. The van der Waals surface area contributed by atoms with Crippen molar-refractivity contribution in [2.24, 2.45) is 0 Å². The van der Waals surface area contributed by atoms with E-state index >= 15 is 0 Å².